The summed E-state index contributed by atoms with van der Waals surface area (Å²) in [7, 11) is -1.88. The molecule has 0 aromatic rings. The zero-order chi connectivity index (χ0) is 19.3. The Labute approximate surface area is 152 Å². The van der Waals surface area contributed by atoms with Crippen molar-refractivity contribution in [2.24, 2.45) is 0 Å². The van der Waals surface area contributed by atoms with Gasteiger partial charge in [-0.1, -0.05) is 12.2 Å². The van der Waals surface area contributed by atoms with Gasteiger partial charge in [-0.25, -0.2) is 14.5 Å². The lowest BCUT2D eigenvalue weighted by atomic mass is 10.5. The average Bonchev–Trinajstić information content (AvgIpc) is 2.59. The molecule has 0 saturated carbocycles. The molecule has 1 atom stereocenters. The molecule has 0 rings (SSSR count). The molecule has 2 amide bonds. The number of rotatable bonds is 14. The fourth-order valence-corrected chi connectivity index (χ4v) is 5.38. The van der Waals surface area contributed by atoms with Gasteiger partial charge in [0.05, 0.1) is 20.3 Å². The number of urea groups is 1. The molecule has 10 heteroatoms. The second-order valence-corrected chi connectivity index (χ2v) is 7.45. The maximum Gasteiger partial charge on any atom is 0.527 e. The van der Waals surface area contributed by atoms with Gasteiger partial charge in [0.25, 0.3) is 0 Å². The van der Waals surface area contributed by atoms with E-state index in [9.17, 15) is 4.79 Å². The van der Waals surface area contributed by atoms with Crippen molar-refractivity contribution in [1.82, 2.24) is 10.3 Å². The Balaban J connectivity index is 5.81. The van der Waals surface area contributed by atoms with Crippen LogP contribution in [0.15, 0.2) is 0 Å². The number of hydrogen-bond acceptors (Lipinski definition) is 7. The summed E-state index contributed by atoms with van der Waals surface area (Å²) in [6, 6.07) is -0.603. The normalized spacial score (nSPS) is 12.9. The van der Waals surface area contributed by atoms with Crippen LogP contribution in [0, 0.1) is 0 Å². The Bertz CT molecular complexity index is 346. The van der Waals surface area contributed by atoms with Crippen LogP contribution in [0.3, 0.4) is 0 Å². The van der Waals surface area contributed by atoms with Crippen LogP contribution < -0.4 is 0 Å². The number of nitrogens with zero attached hydrogens (tertiary/aromatic N) is 2. The van der Waals surface area contributed by atoms with Gasteiger partial charge < -0.3 is 13.3 Å². The maximum absolute atomic E-state index is 12.8. The smallest absolute Gasteiger partial charge is 0.372 e. The zero-order valence-electron chi connectivity index (χ0n) is 16.6. The highest BCUT2D eigenvalue weighted by atomic mass is 28.4. The van der Waals surface area contributed by atoms with Gasteiger partial charge in [0, 0.05) is 19.8 Å². The molecule has 0 N–H and O–H groups in total. The molecule has 0 heterocycles. The molecule has 0 radical (unpaired) electrons. The van der Waals surface area contributed by atoms with Crippen molar-refractivity contribution in [3.63, 3.8) is 0 Å². The first-order chi connectivity index (χ1) is 12.0. The Morgan fingerprint density at radius 3 is 1.64 bits per heavy atom. The van der Waals surface area contributed by atoms with Crippen molar-refractivity contribution in [1.29, 1.82) is 0 Å². The number of carbonyl (C=O) groups is 1. The first kappa shape index (κ1) is 24.2. The summed E-state index contributed by atoms with van der Waals surface area (Å²) < 4.78 is 17.8. The van der Waals surface area contributed by atoms with E-state index in [0.29, 0.717) is 26.2 Å². The molecule has 0 aromatic heterocycles. The van der Waals surface area contributed by atoms with Gasteiger partial charge in [-0.2, -0.15) is 5.06 Å². The third-order valence-corrected chi connectivity index (χ3v) is 6.67. The molecule has 0 aliphatic rings. The van der Waals surface area contributed by atoms with Crippen LogP contribution in [0.25, 0.3) is 0 Å². The highest BCUT2D eigenvalue weighted by molar-refractivity contribution is 6.62. The van der Waals surface area contributed by atoms with Gasteiger partial charge in [0.15, 0.2) is 0 Å². The summed E-state index contributed by atoms with van der Waals surface area (Å²) in [5.74, 6) is 0. The van der Waals surface area contributed by atoms with Crippen molar-refractivity contribution in [3.05, 3.63) is 0 Å². The van der Waals surface area contributed by atoms with E-state index in [4.69, 9.17) is 27.8 Å². The van der Waals surface area contributed by atoms with E-state index in [2.05, 4.69) is 0 Å². The minimum absolute atomic E-state index is 0.265. The van der Waals surface area contributed by atoms with E-state index in [1.807, 2.05) is 27.7 Å². The predicted molar refractivity (Wildman–Crippen MR) is 94.0 cm³/mol. The molecule has 0 bridgehead atoms. The molecule has 0 saturated heterocycles. The lowest BCUT2D eigenvalue weighted by Crippen LogP contribution is -2.65. The fourth-order valence-electron chi connectivity index (χ4n) is 2.38. The summed E-state index contributed by atoms with van der Waals surface area (Å²) in [6.07, 6.45) is 0.516. The summed E-state index contributed by atoms with van der Waals surface area (Å²) in [4.78, 5) is 28.7. The van der Waals surface area contributed by atoms with Gasteiger partial charge in [0.2, 0.25) is 0 Å². The van der Waals surface area contributed by atoms with Crippen LogP contribution >= 0.6 is 0 Å². The van der Waals surface area contributed by atoms with Crippen molar-refractivity contribution in [2.45, 2.75) is 53.6 Å². The van der Waals surface area contributed by atoms with E-state index >= 15 is 0 Å². The molecule has 1 unspecified atom stereocenters. The van der Waals surface area contributed by atoms with Crippen LogP contribution in [-0.4, -0.2) is 70.9 Å². The number of carbonyl (C=O) groups excluding carboxylic acids is 1. The molecule has 150 valence electrons. The minimum atomic E-state index is -3.23. The Morgan fingerprint density at radius 1 is 0.840 bits per heavy atom. The second kappa shape index (κ2) is 13.5. The third kappa shape index (κ3) is 6.81. The van der Waals surface area contributed by atoms with Crippen LogP contribution in [0.5, 0.6) is 0 Å². The Hall–Kier alpha value is -0.753. The fraction of sp³-hybridized carbons (Fsp3) is 0.933. The lowest BCUT2D eigenvalue weighted by Gasteiger charge is -2.40. The van der Waals surface area contributed by atoms with Crippen molar-refractivity contribution in [2.75, 3.05) is 40.1 Å². The molecule has 0 aliphatic carbocycles. The summed E-state index contributed by atoms with van der Waals surface area (Å²) in [5, 5.41) is 1.97. The van der Waals surface area contributed by atoms with Gasteiger partial charge >= 0.3 is 14.8 Å². The quantitative estimate of drug-likeness (QED) is 0.337. The van der Waals surface area contributed by atoms with Crippen LogP contribution in [-0.2, 0) is 27.8 Å². The predicted octanol–water partition coefficient (Wildman–Crippen LogP) is 2.54. The van der Waals surface area contributed by atoms with Crippen LogP contribution in [0.2, 0.25) is 0 Å². The monoisotopic (exact) mass is 382 g/mol. The van der Waals surface area contributed by atoms with Gasteiger partial charge in [0.1, 0.15) is 5.67 Å². The Morgan fingerprint density at radius 2 is 1.32 bits per heavy atom. The molecule has 0 aromatic carbocycles. The van der Waals surface area contributed by atoms with Gasteiger partial charge in [-0.15, -0.1) is 0 Å². The molecule has 25 heavy (non-hydrogen) atoms. The molecule has 0 fully saturated rings. The van der Waals surface area contributed by atoms with Crippen LogP contribution in [0.1, 0.15) is 48.0 Å². The SMILES string of the molecule is CCON(OC)C(=O)N(OCC)C(CC)[Si](OCC)(OCC)OCC. The van der Waals surface area contributed by atoms with Crippen molar-refractivity contribution in [3.8, 4) is 0 Å². The first-order valence-electron chi connectivity index (χ1n) is 8.86. The summed E-state index contributed by atoms with van der Waals surface area (Å²) in [6.45, 7) is 12.8. The third-order valence-electron chi connectivity index (χ3n) is 3.14. The van der Waals surface area contributed by atoms with Gasteiger partial charge in [-0.05, 0) is 41.0 Å². The van der Waals surface area contributed by atoms with E-state index in [-0.39, 0.29) is 13.2 Å². The lowest BCUT2D eigenvalue weighted by molar-refractivity contribution is -0.328. The van der Waals surface area contributed by atoms with E-state index in [0.717, 1.165) is 5.23 Å². The van der Waals surface area contributed by atoms with Crippen molar-refractivity contribution >= 4 is 14.8 Å². The molecule has 9 nitrogen and oxygen atoms in total. The highest BCUT2D eigenvalue weighted by Crippen LogP contribution is 2.24. The second-order valence-electron chi connectivity index (χ2n) is 4.71. The van der Waals surface area contributed by atoms with E-state index in [1.54, 1.807) is 13.8 Å². The minimum Gasteiger partial charge on any atom is -0.372 e. The summed E-state index contributed by atoms with van der Waals surface area (Å²) >= 11 is 0. The topological polar surface area (TPSA) is 78.9 Å². The van der Waals surface area contributed by atoms with E-state index in [1.165, 1.54) is 12.2 Å². The summed E-state index contributed by atoms with van der Waals surface area (Å²) in [5.41, 5.74) is -0.544. The Kier molecular flexibility index (Phi) is 13.0. The van der Waals surface area contributed by atoms with E-state index < -0.39 is 20.5 Å². The van der Waals surface area contributed by atoms with Crippen LogP contribution in [0.4, 0.5) is 4.79 Å². The van der Waals surface area contributed by atoms with Crippen molar-refractivity contribution < 1.29 is 32.6 Å². The molecular weight excluding hydrogens is 348 g/mol. The largest absolute Gasteiger partial charge is 0.527 e. The first-order valence-corrected chi connectivity index (χ1v) is 10.7. The standard InChI is InChI=1S/C15H34N2O7Si/c1-8-14(25(22-11-4,23-12-5)24-13-6)16(20-9-2)15(18)17(19-7)21-10-3/h14H,8-13H2,1-7H3. The molecule has 0 aliphatic heterocycles. The molecular formula is C15H34N2O7Si. The average molecular weight is 383 g/mol. The maximum atomic E-state index is 12.8. The molecule has 0 spiro atoms. The zero-order valence-corrected chi connectivity index (χ0v) is 17.6. The number of hydrogen-bond donors (Lipinski definition) is 0. The number of hydroxylamine groups is 4. The number of amides is 2. The highest BCUT2D eigenvalue weighted by Gasteiger charge is 2.54. The van der Waals surface area contributed by atoms with Gasteiger partial charge in [-0.3, -0.25) is 4.84 Å².